The SMILES string of the molecule is CC1CCNC(C(O)C2CCC(C)O2)C1. The molecule has 0 amide bonds. The van der Waals surface area contributed by atoms with Crippen LogP contribution in [-0.4, -0.2) is 36.0 Å². The number of hydrogen-bond acceptors (Lipinski definition) is 3. The molecule has 15 heavy (non-hydrogen) atoms. The van der Waals surface area contributed by atoms with Gasteiger partial charge in [-0.15, -0.1) is 0 Å². The Hall–Kier alpha value is -0.120. The van der Waals surface area contributed by atoms with Crippen molar-refractivity contribution in [3.05, 3.63) is 0 Å². The van der Waals surface area contributed by atoms with Crippen molar-refractivity contribution in [2.45, 2.75) is 63.9 Å². The summed E-state index contributed by atoms with van der Waals surface area (Å²) in [5.74, 6) is 0.727. The summed E-state index contributed by atoms with van der Waals surface area (Å²) in [6.45, 7) is 5.38. The van der Waals surface area contributed by atoms with E-state index in [2.05, 4.69) is 19.2 Å². The minimum Gasteiger partial charge on any atom is -0.389 e. The second-order valence-corrected chi connectivity index (χ2v) is 5.24. The molecular formula is C12H23NO2. The maximum Gasteiger partial charge on any atom is 0.0954 e. The summed E-state index contributed by atoms with van der Waals surface area (Å²) in [5.41, 5.74) is 0. The normalized spacial score (nSPS) is 44.2. The molecule has 2 aliphatic rings. The van der Waals surface area contributed by atoms with Gasteiger partial charge in [-0.25, -0.2) is 0 Å². The summed E-state index contributed by atoms with van der Waals surface area (Å²) in [6.07, 6.45) is 4.46. The third kappa shape index (κ3) is 2.71. The van der Waals surface area contributed by atoms with Crippen LogP contribution in [0.2, 0.25) is 0 Å². The minimum absolute atomic E-state index is 0.0581. The van der Waals surface area contributed by atoms with Crippen molar-refractivity contribution in [3.8, 4) is 0 Å². The highest BCUT2D eigenvalue weighted by Crippen LogP contribution is 2.26. The van der Waals surface area contributed by atoms with Crippen LogP contribution < -0.4 is 5.32 Å². The highest BCUT2D eigenvalue weighted by Gasteiger charge is 2.35. The van der Waals surface area contributed by atoms with Gasteiger partial charge in [0.05, 0.1) is 18.3 Å². The zero-order valence-electron chi connectivity index (χ0n) is 9.78. The molecule has 2 saturated heterocycles. The first-order valence-corrected chi connectivity index (χ1v) is 6.23. The molecule has 2 aliphatic heterocycles. The van der Waals surface area contributed by atoms with Crippen LogP contribution in [-0.2, 0) is 4.74 Å². The second kappa shape index (κ2) is 4.81. The van der Waals surface area contributed by atoms with Gasteiger partial charge < -0.3 is 15.2 Å². The fourth-order valence-electron chi connectivity index (χ4n) is 2.75. The van der Waals surface area contributed by atoms with Crippen molar-refractivity contribution in [2.75, 3.05) is 6.54 Å². The summed E-state index contributed by atoms with van der Waals surface area (Å²) in [5, 5.41) is 13.6. The minimum atomic E-state index is -0.322. The number of aliphatic hydroxyl groups excluding tert-OH is 1. The number of aliphatic hydroxyl groups is 1. The summed E-state index contributed by atoms with van der Waals surface area (Å²) in [6, 6.07) is 0.240. The van der Waals surface area contributed by atoms with Crippen LogP contribution in [0.3, 0.4) is 0 Å². The Morgan fingerprint density at radius 3 is 2.67 bits per heavy atom. The van der Waals surface area contributed by atoms with E-state index in [9.17, 15) is 5.11 Å². The van der Waals surface area contributed by atoms with Crippen molar-refractivity contribution >= 4 is 0 Å². The van der Waals surface area contributed by atoms with E-state index in [1.807, 2.05) is 0 Å². The van der Waals surface area contributed by atoms with Crippen molar-refractivity contribution in [1.29, 1.82) is 0 Å². The standard InChI is InChI=1S/C12H23NO2/c1-8-5-6-13-10(7-8)12(14)11-4-3-9(2)15-11/h8-14H,3-7H2,1-2H3. The Morgan fingerprint density at radius 1 is 1.27 bits per heavy atom. The molecule has 3 nitrogen and oxygen atoms in total. The fourth-order valence-corrected chi connectivity index (χ4v) is 2.75. The van der Waals surface area contributed by atoms with E-state index in [0.717, 1.165) is 31.7 Å². The van der Waals surface area contributed by atoms with Crippen LogP contribution in [0, 0.1) is 5.92 Å². The maximum atomic E-state index is 10.2. The zero-order chi connectivity index (χ0) is 10.8. The van der Waals surface area contributed by atoms with Gasteiger partial charge in [0, 0.05) is 6.04 Å². The van der Waals surface area contributed by atoms with E-state index in [0.29, 0.717) is 6.10 Å². The van der Waals surface area contributed by atoms with Crippen LogP contribution in [0.25, 0.3) is 0 Å². The lowest BCUT2D eigenvalue weighted by molar-refractivity contribution is -0.0495. The summed E-state index contributed by atoms with van der Waals surface area (Å²) in [4.78, 5) is 0. The lowest BCUT2D eigenvalue weighted by Gasteiger charge is -2.34. The van der Waals surface area contributed by atoms with E-state index < -0.39 is 0 Å². The van der Waals surface area contributed by atoms with Crippen LogP contribution in [0.15, 0.2) is 0 Å². The molecule has 88 valence electrons. The molecular weight excluding hydrogens is 190 g/mol. The van der Waals surface area contributed by atoms with Crippen LogP contribution in [0.4, 0.5) is 0 Å². The average molecular weight is 213 g/mol. The van der Waals surface area contributed by atoms with E-state index in [1.54, 1.807) is 0 Å². The number of piperidine rings is 1. The smallest absolute Gasteiger partial charge is 0.0954 e. The van der Waals surface area contributed by atoms with Crippen LogP contribution in [0.5, 0.6) is 0 Å². The van der Waals surface area contributed by atoms with E-state index >= 15 is 0 Å². The molecule has 0 spiro atoms. The lowest BCUT2D eigenvalue weighted by atomic mass is 9.89. The second-order valence-electron chi connectivity index (χ2n) is 5.24. The van der Waals surface area contributed by atoms with Crippen molar-refractivity contribution < 1.29 is 9.84 Å². The van der Waals surface area contributed by atoms with Crippen molar-refractivity contribution in [1.82, 2.24) is 5.32 Å². The number of ether oxygens (including phenoxy) is 1. The van der Waals surface area contributed by atoms with Gasteiger partial charge in [-0.3, -0.25) is 0 Å². The Kier molecular flexibility index (Phi) is 3.65. The summed E-state index contributed by atoms with van der Waals surface area (Å²) < 4.78 is 5.72. The number of hydrogen-bond donors (Lipinski definition) is 2. The Morgan fingerprint density at radius 2 is 2.07 bits per heavy atom. The predicted molar refractivity (Wildman–Crippen MR) is 59.8 cm³/mol. The number of rotatable bonds is 2. The molecule has 0 saturated carbocycles. The van der Waals surface area contributed by atoms with Gasteiger partial charge in [0.2, 0.25) is 0 Å². The third-order valence-corrected chi connectivity index (χ3v) is 3.76. The van der Waals surface area contributed by atoms with Gasteiger partial charge >= 0.3 is 0 Å². The number of nitrogens with one attached hydrogen (secondary N) is 1. The summed E-state index contributed by atoms with van der Waals surface area (Å²) in [7, 11) is 0. The van der Waals surface area contributed by atoms with Crippen molar-refractivity contribution in [3.63, 3.8) is 0 Å². The van der Waals surface area contributed by atoms with Crippen LogP contribution in [0.1, 0.15) is 39.5 Å². The molecule has 0 aromatic heterocycles. The molecule has 5 unspecified atom stereocenters. The first-order valence-electron chi connectivity index (χ1n) is 6.23. The molecule has 5 atom stereocenters. The van der Waals surface area contributed by atoms with Gasteiger partial charge in [0.25, 0.3) is 0 Å². The molecule has 2 fully saturated rings. The fraction of sp³-hybridized carbons (Fsp3) is 1.00. The largest absolute Gasteiger partial charge is 0.389 e. The lowest BCUT2D eigenvalue weighted by Crippen LogP contribution is -2.50. The molecule has 0 aromatic carbocycles. The highest BCUT2D eigenvalue weighted by molar-refractivity contribution is 4.89. The van der Waals surface area contributed by atoms with Crippen LogP contribution >= 0.6 is 0 Å². The predicted octanol–water partition coefficient (Wildman–Crippen LogP) is 1.30. The average Bonchev–Trinajstić information content (AvgIpc) is 2.64. The quantitative estimate of drug-likeness (QED) is 0.726. The Labute approximate surface area is 92.2 Å². The molecule has 2 heterocycles. The van der Waals surface area contributed by atoms with E-state index in [4.69, 9.17) is 4.74 Å². The molecule has 0 aromatic rings. The van der Waals surface area contributed by atoms with E-state index in [-0.39, 0.29) is 18.2 Å². The van der Waals surface area contributed by atoms with Gasteiger partial charge in [0.15, 0.2) is 0 Å². The van der Waals surface area contributed by atoms with Gasteiger partial charge in [0.1, 0.15) is 0 Å². The molecule has 2 rings (SSSR count). The summed E-state index contributed by atoms with van der Waals surface area (Å²) >= 11 is 0. The molecule has 0 aliphatic carbocycles. The van der Waals surface area contributed by atoms with Gasteiger partial charge in [-0.2, -0.15) is 0 Å². The van der Waals surface area contributed by atoms with Gasteiger partial charge in [-0.1, -0.05) is 6.92 Å². The topological polar surface area (TPSA) is 41.5 Å². The van der Waals surface area contributed by atoms with E-state index in [1.165, 1.54) is 6.42 Å². The Balaban J connectivity index is 1.86. The Bertz CT molecular complexity index is 210. The molecule has 2 N–H and O–H groups in total. The molecule has 0 bridgehead atoms. The first kappa shape index (κ1) is 11.4. The van der Waals surface area contributed by atoms with Crippen molar-refractivity contribution in [2.24, 2.45) is 5.92 Å². The monoisotopic (exact) mass is 213 g/mol. The molecule has 0 radical (unpaired) electrons. The zero-order valence-corrected chi connectivity index (χ0v) is 9.78. The maximum absolute atomic E-state index is 10.2. The molecule has 3 heteroatoms. The first-order chi connectivity index (χ1) is 7.16. The van der Waals surface area contributed by atoms with Gasteiger partial charge in [-0.05, 0) is 45.1 Å². The third-order valence-electron chi connectivity index (χ3n) is 3.76. The highest BCUT2D eigenvalue weighted by atomic mass is 16.5.